The van der Waals surface area contributed by atoms with E-state index in [0.29, 0.717) is 10.7 Å². The summed E-state index contributed by atoms with van der Waals surface area (Å²) >= 11 is 11.6. The number of rotatable bonds is 1. The molecule has 2 aromatic rings. The van der Waals surface area contributed by atoms with Gasteiger partial charge in [0.15, 0.2) is 5.82 Å². The first-order valence-corrected chi connectivity index (χ1v) is 4.73. The molecule has 0 saturated carbocycles. The van der Waals surface area contributed by atoms with Gasteiger partial charge in [0.2, 0.25) is 0 Å². The fourth-order valence-corrected chi connectivity index (χ4v) is 1.35. The Morgan fingerprint density at radius 3 is 2.67 bits per heavy atom. The van der Waals surface area contributed by atoms with E-state index in [4.69, 9.17) is 23.2 Å². The van der Waals surface area contributed by atoms with Gasteiger partial charge in [0.1, 0.15) is 5.02 Å². The first-order valence-electron chi connectivity index (χ1n) is 3.98. The lowest BCUT2D eigenvalue weighted by atomic mass is 10.5. The monoisotopic (exact) mass is 246 g/mol. The molecule has 0 fully saturated rings. The van der Waals surface area contributed by atoms with Crippen LogP contribution in [0.5, 0.6) is 0 Å². The molecule has 4 nitrogen and oxygen atoms in total. The van der Waals surface area contributed by atoms with Crippen LogP contribution in [0.25, 0.3) is 5.82 Å². The third-order valence-electron chi connectivity index (χ3n) is 1.75. The summed E-state index contributed by atoms with van der Waals surface area (Å²) in [5, 5.41) is 4.69. The Morgan fingerprint density at radius 1 is 1.33 bits per heavy atom. The minimum absolute atomic E-state index is 0.166. The van der Waals surface area contributed by atoms with Crippen LogP contribution in [0.15, 0.2) is 12.4 Å². The highest BCUT2D eigenvalue weighted by atomic mass is 35.5. The van der Waals surface area contributed by atoms with Gasteiger partial charge in [-0.3, -0.25) is 0 Å². The van der Waals surface area contributed by atoms with Crippen molar-refractivity contribution in [2.45, 2.75) is 6.92 Å². The van der Waals surface area contributed by atoms with Crippen molar-refractivity contribution in [1.82, 2.24) is 19.7 Å². The Kier molecular flexibility index (Phi) is 2.58. The molecule has 0 unspecified atom stereocenters. The van der Waals surface area contributed by atoms with Gasteiger partial charge in [0.25, 0.3) is 0 Å². The Bertz CT molecular complexity index is 492. The molecule has 0 aromatic carbocycles. The van der Waals surface area contributed by atoms with Gasteiger partial charge in [-0.15, -0.1) is 0 Å². The van der Waals surface area contributed by atoms with Gasteiger partial charge in [-0.05, 0) is 6.92 Å². The zero-order valence-electron chi connectivity index (χ0n) is 7.58. The molecule has 0 radical (unpaired) electrons. The highest BCUT2D eigenvalue weighted by Crippen LogP contribution is 2.20. The molecule has 0 aliphatic heterocycles. The number of nitrogens with zero attached hydrogens (tertiary/aromatic N) is 4. The molecule has 7 heteroatoms. The molecular weight excluding hydrogens is 242 g/mol. The minimum atomic E-state index is -0.862. The smallest absolute Gasteiger partial charge is 0.219 e. The summed E-state index contributed by atoms with van der Waals surface area (Å²) < 4.78 is 14.1. The largest absolute Gasteiger partial charge is 0.310 e. The highest BCUT2D eigenvalue weighted by molar-refractivity contribution is 6.32. The van der Waals surface area contributed by atoms with E-state index in [0.717, 1.165) is 0 Å². The number of hydrogen-bond donors (Lipinski definition) is 0. The first-order chi connectivity index (χ1) is 7.08. The van der Waals surface area contributed by atoms with Gasteiger partial charge in [-0.25, -0.2) is 9.67 Å². The predicted molar refractivity (Wildman–Crippen MR) is 53.9 cm³/mol. The molecule has 0 bridgehead atoms. The lowest BCUT2D eigenvalue weighted by Crippen LogP contribution is -2.02. The Balaban J connectivity index is 2.58. The molecule has 2 rings (SSSR count). The van der Waals surface area contributed by atoms with Gasteiger partial charge in [-0.2, -0.15) is 14.5 Å². The molecule has 0 spiro atoms. The van der Waals surface area contributed by atoms with Crippen LogP contribution in [0.2, 0.25) is 10.0 Å². The standard InChI is InChI=1S/C8H5Cl2FN4/c1-4-6(10)3-15(14-4)7-5(9)2-12-8(11)13-7/h2-3H,1H3. The molecule has 0 atom stereocenters. The van der Waals surface area contributed by atoms with Crippen LogP contribution in [0.3, 0.4) is 0 Å². The van der Waals surface area contributed by atoms with Crippen LogP contribution in [-0.2, 0) is 0 Å². The maximum absolute atomic E-state index is 12.8. The average molecular weight is 247 g/mol. The van der Waals surface area contributed by atoms with E-state index >= 15 is 0 Å². The molecule has 15 heavy (non-hydrogen) atoms. The molecule has 0 amide bonds. The third-order valence-corrected chi connectivity index (χ3v) is 2.39. The Hall–Kier alpha value is -1.20. The third kappa shape index (κ3) is 1.93. The van der Waals surface area contributed by atoms with Crippen LogP contribution in [0, 0.1) is 13.0 Å². The molecule has 0 saturated heterocycles. The Morgan fingerprint density at radius 2 is 2.07 bits per heavy atom. The second kappa shape index (κ2) is 3.75. The Labute approximate surface area is 94.7 Å². The second-order valence-electron chi connectivity index (χ2n) is 2.82. The van der Waals surface area contributed by atoms with Crippen LogP contribution in [0.4, 0.5) is 4.39 Å². The number of aryl methyl sites for hydroxylation is 1. The first kappa shape index (κ1) is 10.3. The lowest BCUT2D eigenvalue weighted by Gasteiger charge is -2.01. The summed E-state index contributed by atoms with van der Waals surface area (Å²) in [7, 11) is 0. The summed E-state index contributed by atoms with van der Waals surface area (Å²) in [6.45, 7) is 1.73. The normalized spacial score (nSPS) is 10.7. The molecule has 0 N–H and O–H groups in total. The van der Waals surface area contributed by atoms with Crippen LogP contribution < -0.4 is 0 Å². The summed E-state index contributed by atoms with van der Waals surface area (Å²) in [5.74, 6) is 0.166. The van der Waals surface area contributed by atoms with E-state index in [1.54, 1.807) is 6.92 Å². The van der Waals surface area contributed by atoms with Gasteiger partial charge >= 0.3 is 6.08 Å². The van der Waals surface area contributed by atoms with Crippen LogP contribution >= 0.6 is 23.2 Å². The van der Waals surface area contributed by atoms with Crippen molar-refractivity contribution in [3.8, 4) is 5.82 Å². The average Bonchev–Trinajstić information content (AvgIpc) is 2.51. The highest BCUT2D eigenvalue weighted by Gasteiger charge is 2.10. The second-order valence-corrected chi connectivity index (χ2v) is 3.63. The van der Waals surface area contributed by atoms with E-state index in [-0.39, 0.29) is 10.8 Å². The van der Waals surface area contributed by atoms with Crippen molar-refractivity contribution in [1.29, 1.82) is 0 Å². The van der Waals surface area contributed by atoms with E-state index < -0.39 is 6.08 Å². The molecule has 0 aliphatic carbocycles. The topological polar surface area (TPSA) is 43.6 Å². The predicted octanol–water partition coefficient (Wildman–Crippen LogP) is 2.42. The van der Waals surface area contributed by atoms with Crippen molar-refractivity contribution in [2.75, 3.05) is 0 Å². The fourth-order valence-electron chi connectivity index (χ4n) is 1.05. The van der Waals surface area contributed by atoms with Crippen molar-refractivity contribution < 1.29 is 4.39 Å². The van der Waals surface area contributed by atoms with Crippen molar-refractivity contribution >= 4 is 23.2 Å². The maximum Gasteiger partial charge on any atom is 0.310 e. The zero-order valence-corrected chi connectivity index (χ0v) is 9.09. The summed E-state index contributed by atoms with van der Waals surface area (Å²) in [5.41, 5.74) is 0.617. The van der Waals surface area contributed by atoms with E-state index in [1.807, 2.05) is 0 Å². The van der Waals surface area contributed by atoms with E-state index in [9.17, 15) is 4.39 Å². The molecule has 78 valence electrons. The minimum Gasteiger partial charge on any atom is -0.219 e. The van der Waals surface area contributed by atoms with Gasteiger partial charge in [0.05, 0.1) is 23.1 Å². The van der Waals surface area contributed by atoms with E-state index in [2.05, 4.69) is 15.1 Å². The van der Waals surface area contributed by atoms with Crippen molar-refractivity contribution in [2.24, 2.45) is 0 Å². The maximum atomic E-state index is 12.8. The number of halogens is 3. The van der Waals surface area contributed by atoms with Crippen LogP contribution in [0.1, 0.15) is 5.69 Å². The summed E-state index contributed by atoms with van der Waals surface area (Å²) in [4.78, 5) is 6.84. The lowest BCUT2D eigenvalue weighted by molar-refractivity contribution is 0.533. The van der Waals surface area contributed by atoms with Gasteiger partial charge in [-0.1, -0.05) is 23.2 Å². The van der Waals surface area contributed by atoms with Gasteiger partial charge < -0.3 is 0 Å². The fraction of sp³-hybridized carbons (Fsp3) is 0.125. The van der Waals surface area contributed by atoms with Crippen molar-refractivity contribution in [3.05, 3.63) is 34.2 Å². The summed E-state index contributed by atoms with van der Waals surface area (Å²) in [6.07, 6.45) is 1.81. The molecule has 2 aromatic heterocycles. The van der Waals surface area contributed by atoms with Crippen LogP contribution in [-0.4, -0.2) is 19.7 Å². The SMILES string of the molecule is Cc1nn(-c2nc(F)ncc2Cl)cc1Cl. The van der Waals surface area contributed by atoms with Gasteiger partial charge in [0, 0.05) is 0 Å². The molecule has 0 aliphatic rings. The quantitative estimate of drug-likeness (QED) is 0.727. The number of hydrogen-bond acceptors (Lipinski definition) is 3. The zero-order chi connectivity index (χ0) is 11.0. The molecule has 2 heterocycles. The van der Waals surface area contributed by atoms with Crippen molar-refractivity contribution in [3.63, 3.8) is 0 Å². The summed E-state index contributed by atoms with van der Waals surface area (Å²) in [6, 6.07) is 0. The van der Waals surface area contributed by atoms with E-state index in [1.165, 1.54) is 17.1 Å². The number of aromatic nitrogens is 4. The molecular formula is C8H5Cl2FN4.